The number of rotatable bonds is 8. The Labute approximate surface area is 166 Å². The highest BCUT2D eigenvalue weighted by Crippen LogP contribution is 2.21. The summed E-state index contributed by atoms with van der Waals surface area (Å²) in [4.78, 5) is 12.8. The summed E-state index contributed by atoms with van der Waals surface area (Å²) in [5, 5.41) is 2.87. The third kappa shape index (κ3) is 5.17. The first kappa shape index (κ1) is 22.0. The number of carbonyl (C=O) groups excluding carboxylic acids is 1. The molecule has 0 saturated carbocycles. The molecule has 0 aliphatic heterocycles. The first-order chi connectivity index (χ1) is 13.2. The first-order valence-corrected chi connectivity index (χ1v) is 10.8. The summed E-state index contributed by atoms with van der Waals surface area (Å²) < 4.78 is 40.1. The molecule has 1 unspecified atom stereocenters. The van der Waals surface area contributed by atoms with Gasteiger partial charge in [0.05, 0.1) is 4.90 Å². The Hall–Kier alpha value is -2.25. The maximum absolute atomic E-state index is 13.0. The van der Waals surface area contributed by atoms with Gasteiger partial charge in [0.15, 0.2) is 0 Å². The lowest BCUT2D eigenvalue weighted by Gasteiger charge is -2.20. The number of benzene rings is 2. The monoisotopic (exact) mass is 406 g/mol. The Morgan fingerprint density at radius 3 is 2.29 bits per heavy atom. The molecule has 0 radical (unpaired) electrons. The van der Waals surface area contributed by atoms with Gasteiger partial charge >= 0.3 is 0 Å². The third-order valence-electron chi connectivity index (χ3n) is 4.61. The van der Waals surface area contributed by atoms with Gasteiger partial charge in [-0.15, -0.1) is 0 Å². The zero-order valence-electron chi connectivity index (χ0n) is 16.7. The summed E-state index contributed by atoms with van der Waals surface area (Å²) >= 11 is 0. The summed E-state index contributed by atoms with van der Waals surface area (Å²) in [6, 6.07) is 10.6. The topological polar surface area (TPSA) is 66.5 Å². The second-order valence-electron chi connectivity index (χ2n) is 6.77. The number of halogens is 1. The quantitative estimate of drug-likeness (QED) is 0.729. The number of nitrogens with one attached hydrogen (secondary N) is 1. The second-order valence-corrected chi connectivity index (χ2v) is 8.68. The smallest absolute Gasteiger partial charge is 0.251 e. The maximum atomic E-state index is 13.0. The highest BCUT2D eigenvalue weighted by Gasteiger charge is 2.25. The van der Waals surface area contributed by atoms with Gasteiger partial charge in [-0.05, 0) is 55.7 Å². The molecule has 2 aromatic carbocycles. The second kappa shape index (κ2) is 9.30. The van der Waals surface area contributed by atoms with Gasteiger partial charge in [0.2, 0.25) is 10.0 Å². The van der Waals surface area contributed by atoms with Crippen LogP contribution in [-0.4, -0.2) is 37.8 Å². The van der Waals surface area contributed by atoms with Crippen molar-refractivity contribution in [1.82, 2.24) is 9.62 Å². The number of sulfonamides is 1. The SMILES string of the molecule is CCN(CC)S(=O)(=O)c1cc(C(=O)NC(C)Cc2ccc(F)cc2)ccc1C. The van der Waals surface area contributed by atoms with Crippen molar-refractivity contribution in [2.75, 3.05) is 13.1 Å². The van der Waals surface area contributed by atoms with Crippen LogP contribution < -0.4 is 5.32 Å². The van der Waals surface area contributed by atoms with E-state index in [0.29, 0.717) is 30.6 Å². The standard InChI is InChI=1S/C21H27FN2O3S/c1-5-24(6-2)28(26,27)20-14-18(10-7-15(20)3)21(25)23-16(4)13-17-8-11-19(22)12-9-17/h7-12,14,16H,5-6,13H2,1-4H3,(H,23,25). The highest BCUT2D eigenvalue weighted by molar-refractivity contribution is 7.89. The van der Waals surface area contributed by atoms with Crippen molar-refractivity contribution in [3.8, 4) is 0 Å². The molecule has 0 bridgehead atoms. The number of hydrogen-bond donors (Lipinski definition) is 1. The molecule has 152 valence electrons. The molecule has 1 amide bonds. The molecular formula is C21H27FN2O3S. The molecule has 0 aliphatic rings. The van der Waals surface area contributed by atoms with Crippen molar-refractivity contribution in [2.45, 2.75) is 45.1 Å². The normalized spacial score (nSPS) is 12.8. The van der Waals surface area contributed by atoms with Crippen LogP contribution in [0, 0.1) is 12.7 Å². The lowest BCUT2D eigenvalue weighted by atomic mass is 10.1. The van der Waals surface area contributed by atoms with Gasteiger partial charge in [-0.2, -0.15) is 4.31 Å². The minimum Gasteiger partial charge on any atom is -0.349 e. The molecule has 0 saturated heterocycles. The van der Waals surface area contributed by atoms with E-state index in [0.717, 1.165) is 5.56 Å². The number of hydrogen-bond acceptors (Lipinski definition) is 3. The van der Waals surface area contributed by atoms with Crippen LogP contribution >= 0.6 is 0 Å². The first-order valence-electron chi connectivity index (χ1n) is 9.35. The molecular weight excluding hydrogens is 379 g/mol. The molecule has 0 aliphatic carbocycles. The van der Waals surface area contributed by atoms with Gasteiger partial charge in [-0.1, -0.05) is 32.0 Å². The molecule has 0 aromatic heterocycles. The molecule has 28 heavy (non-hydrogen) atoms. The summed E-state index contributed by atoms with van der Waals surface area (Å²) in [5.74, 6) is -0.646. The van der Waals surface area contributed by atoms with Crippen molar-refractivity contribution in [1.29, 1.82) is 0 Å². The van der Waals surface area contributed by atoms with E-state index in [4.69, 9.17) is 0 Å². The molecule has 0 fully saturated rings. The van der Waals surface area contributed by atoms with Gasteiger partial charge in [0.1, 0.15) is 5.82 Å². The third-order valence-corrected chi connectivity index (χ3v) is 6.80. The van der Waals surface area contributed by atoms with Gasteiger partial charge in [0.25, 0.3) is 5.91 Å². The molecule has 2 aromatic rings. The zero-order valence-corrected chi connectivity index (χ0v) is 17.5. The van der Waals surface area contributed by atoms with E-state index in [9.17, 15) is 17.6 Å². The Morgan fingerprint density at radius 2 is 1.71 bits per heavy atom. The van der Waals surface area contributed by atoms with Crippen LogP contribution in [0.2, 0.25) is 0 Å². The Kier molecular flexibility index (Phi) is 7.32. The van der Waals surface area contributed by atoms with Crippen LogP contribution in [0.25, 0.3) is 0 Å². The molecule has 0 spiro atoms. The van der Waals surface area contributed by atoms with E-state index in [1.807, 2.05) is 6.92 Å². The van der Waals surface area contributed by atoms with Crippen LogP contribution in [0.15, 0.2) is 47.4 Å². The van der Waals surface area contributed by atoms with Crippen LogP contribution in [0.4, 0.5) is 4.39 Å². The van der Waals surface area contributed by atoms with Crippen molar-refractivity contribution in [3.63, 3.8) is 0 Å². The van der Waals surface area contributed by atoms with Crippen LogP contribution in [0.1, 0.15) is 42.3 Å². The zero-order chi connectivity index (χ0) is 20.9. The van der Waals surface area contributed by atoms with Crippen LogP contribution in [0.3, 0.4) is 0 Å². The number of nitrogens with zero attached hydrogens (tertiary/aromatic N) is 1. The summed E-state index contributed by atoms with van der Waals surface area (Å²) in [7, 11) is -3.65. The largest absolute Gasteiger partial charge is 0.349 e. The van der Waals surface area contributed by atoms with Gasteiger partial charge in [0, 0.05) is 24.7 Å². The summed E-state index contributed by atoms with van der Waals surface area (Å²) in [6.45, 7) is 7.86. The van der Waals surface area contributed by atoms with Crippen molar-refractivity contribution in [3.05, 3.63) is 65.0 Å². The van der Waals surface area contributed by atoms with Gasteiger partial charge in [-0.25, -0.2) is 12.8 Å². The van der Waals surface area contributed by atoms with Crippen LogP contribution in [0.5, 0.6) is 0 Å². The van der Waals surface area contributed by atoms with Crippen molar-refractivity contribution in [2.24, 2.45) is 0 Å². The minimum atomic E-state index is -3.65. The average Bonchev–Trinajstić information content (AvgIpc) is 2.64. The van der Waals surface area contributed by atoms with E-state index in [-0.39, 0.29) is 22.7 Å². The Morgan fingerprint density at radius 1 is 1.11 bits per heavy atom. The van der Waals surface area contributed by atoms with Crippen LogP contribution in [-0.2, 0) is 16.4 Å². The fourth-order valence-electron chi connectivity index (χ4n) is 3.05. The predicted octanol–water partition coefficient (Wildman–Crippen LogP) is 3.53. The molecule has 1 atom stereocenters. The molecule has 1 N–H and O–H groups in total. The molecule has 5 nitrogen and oxygen atoms in total. The lowest BCUT2D eigenvalue weighted by molar-refractivity contribution is 0.0940. The van der Waals surface area contributed by atoms with Gasteiger partial charge in [-0.3, -0.25) is 4.79 Å². The Bertz CT molecular complexity index is 923. The van der Waals surface area contributed by atoms with Gasteiger partial charge < -0.3 is 5.32 Å². The van der Waals surface area contributed by atoms with Crippen molar-refractivity contribution < 1.29 is 17.6 Å². The molecule has 7 heteroatoms. The molecule has 2 rings (SSSR count). The number of carbonyl (C=O) groups is 1. The lowest BCUT2D eigenvalue weighted by Crippen LogP contribution is -2.34. The van der Waals surface area contributed by atoms with E-state index < -0.39 is 10.0 Å². The summed E-state index contributed by atoms with van der Waals surface area (Å²) in [5.41, 5.74) is 1.80. The highest BCUT2D eigenvalue weighted by atomic mass is 32.2. The number of aryl methyl sites for hydroxylation is 1. The summed E-state index contributed by atoms with van der Waals surface area (Å²) in [6.07, 6.45) is 0.544. The predicted molar refractivity (Wildman–Crippen MR) is 108 cm³/mol. The van der Waals surface area contributed by atoms with E-state index in [2.05, 4.69) is 5.32 Å². The number of amides is 1. The Balaban J connectivity index is 2.18. The van der Waals surface area contributed by atoms with E-state index in [1.165, 1.54) is 22.5 Å². The fraction of sp³-hybridized carbons (Fsp3) is 0.381. The average molecular weight is 407 g/mol. The minimum absolute atomic E-state index is 0.148. The maximum Gasteiger partial charge on any atom is 0.251 e. The molecule has 0 heterocycles. The van der Waals surface area contributed by atoms with E-state index >= 15 is 0 Å². The van der Waals surface area contributed by atoms with E-state index in [1.54, 1.807) is 45.0 Å². The van der Waals surface area contributed by atoms with Crippen molar-refractivity contribution >= 4 is 15.9 Å². The fourth-order valence-corrected chi connectivity index (χ4v) is 4.76.